The van der Waals surface area contributed by atoms with Crippen LogP contribution < -0.4 is 0 Å². The summed E-state index contributed by atoms with van der Waals surface area (Å²) in [5, 5.41) is 0. The van der Waals surface area contributed by atoms with Crippen molar-refractivity contribution in [2.45, 2.75) is 66.7 Å². The van der Waals surface area contributed by atoms with Gasteiger partial charge in [-0.15, -0.1) is 0 Å². The SMILES string of the molecule is CC(=O)[C@@H](C)C1CC/C(C)=C/CCC(C)C(C)C1. The number of ketones is 1. The Morgan fingerprint density at radius 1 is 1.28 bits per heavy atom. The Bertz CT molecular complexity index is 303. The summed E-state index contributed by atoms with van der Waals surface area (Å²) in [5.74, 6) is 2.67. The van der Waals surface area contributed by atoms with Crippen LogP contribution in [0.15, 0.2) is 11.6 Å². The van der Waals surface area contributed by atoms with Crippen molar-refractivity contribution in [2.24, 2.45) is 23.7 Å². The first-order chi connectivity index (χ1) is 8.41. The number of rotatable bonds is 2. The predicted octanol–water partition coefficient (Wildman–Crippen LogP) is 5.01. The molecule has 4 atom stereocenters. The van der Waals surface area contributed by atoms with Crippen LogP contribution in [0.5, 0.6) is 0 Å². The van der Waals surface area contributed by atoms with E-state index in [2.05, 4.69) is 33.8 Å². The van der Waals surface area contributed by atoms with E-state index < -0.39 is 0 Å². The van der Waals surface area contributed by atoms with Gasteiger partial charge in [0.15, 0.2) is 0 Å². The fourth-order valence-corrected chi connectivity index (χ4v) is 3.01. The van der Waals surface area contributed by atoms with Gasteiger partial charge in [-0.3, -0.25) is 4.79 Å². The lowest BCUT2D eigenvalue weighted by molar-refractivity contribution is -0.122. The van der Waals surface area contributed by atoms with Crippen molar-refractivity contribution < 1.29 is 4.79 Å². The fourth-order valence-electron chi connectivity index (χ4n) is 3.01. The lowest BCUT2D eigenvalue weighted by atomic mass is 9.76. The van der Waals surface area contributed by atoms with E-state index in [0.717, 1.165) is 11.8 Å². The zero-order chi connectivity index (χ0) is 13.7. The molecular formula is C17H30O. The van der Waals surface area contributed by atoms with Gasteiger partial charge in [-0.25, -0.2) is 0 Å². The molecule has 0 amide bonds. The van der Waals surface area contributed by atoms with Crippen LogP contribution in [-0.4, -0.2) is 5.78 Å². The summed E-state index contributed by atoms with van der Waals surface area (Å²) in [7, 11) is 0. The van der Waals surface area contributed by atoms with Crippen molar-refractivity contribution in [1.29, 1.82) is 0 Å². The number of hydrogen-bond acceptors (Lipinski definition) is 1. The third-order valence-electron chi connectivity index (χ3n) is 5.02. The first-order valence-electron chi connectivity index (χ1n) is 7.57. The molecule has 0 radical (unpaired) electrons. The van der Waals surface area contributed by atoms with Gasteiger partial charge in [0.2, 0.25) is 0 Å². The highest BCUT2D eigenvalue weighted by atomic mass is 16.1. The molecule has 1 nitrogen and oxygen atoms in total. The van der Waals surface area contributed by atoms with E-state index in [1.54, 1.807) is 6.92 Å². The van der Waals surface area contributed by atoms with Crippen molar-refractivity contribution in [2.75, 3.05) is 0 Å². The molecule has 1 aliphatic carbocycles. The van der Waals surface area contributed by atoms with Gasteiger partial charge >= 0.3 is 0 Å². The zero-order valence-electron chi connectivity index (χ0n) is 12.8. The predicted molar refractivity (Wildman–Crippen MR) is 78.5 cm³/mol. The molecule has 0 saturated carbocycles. The molecule has 0 aliphatic heterocycles. The van der Waals surface area contributed by atoms with Gasteiger partial charge in [0, 0.05) is 5.92 Å². The Morgan fingerprint density at radius 3 is 2.56 bits per heavy atom. The van der Waals surface area contributed by atoms with Crippen LogP contribution in [0.2, 0.25) is 0 Å². The molecule has 0 N–H and O–H groups in total. The minimum Gasteiger partial charge on any atom is -0.300 e. The molecule has 1 aliphatic rings. The van der Waals surface area contributed by atoms with Crippen LogP contribution >= 0.6 is 0 Å². The highest BCUT2D eigenvalue weighted by Gasteiger charge is 2.25. The summed E-state index contributed by atoms with van der Waals surface area (Å²) in [6.07, 6.45) is 8.49. The van der Waals surface area contributed by atoms with Gasteiger partial charge in [0.05, 0.1) is 0 Å². The van der Waals surface area contributed by atoms with Crippen molar-refractivity contribution in [3.05, 3.63) is 11.6 Å². The lowest BCUT2D eigenvalue weighted by Crippen LogP contribution is -2.23. The van der Waals surface area contributed by atoms with E-state index in [9.17, 15) is 4.79 Å². The summed E-state index contributed by atoms with van der Waals surface area (Å²) >= 11 is 0. The zero-order valence-corrected chi connectivity index (χ0v) is 12.8. The lowest BCUT2D eigenvalue weighted by Gasteiger charge is -2.29. The molecule has 0 spiro atoms. The molecule has 104 valence electrons. The number of hydrogen-bond donors (Lipinski definition) is 0. The van der Waals surface area contributed by atoms with Gasteiger partial charge in [0.1, 0.15) is 5.78 Å². The molecule has 1 rings (SSSR count). The van der Waals surface area contributed by atoms with Crippen molar-refractivity contribution >= 4 is 5.78 Å². The summed E-state index contributed by atoms with van der Waals surface area (Å²) < 4.78 is 0. The normalized spacial score (nSPS) is 35.4. The monoisotopic (exact) mass is 250 g/mol. The van der Waals surface area contributed by atoms with Crippen LogP contribution in [0, 0.1) is 23.7 Å². The van der Waals surface area contributed by atoms with Crippen LogP contribution in [0.1, 0.15) is 66.7 Å². The quantitative estimate of drug-likeness (QED) is 0.630. The molecule has 18 heavy (non-hydrogen) atoms. The first-order valence-corrected chi connectivity index (χ1v) is 7.57. The molecule has 0 bridgehead atoms. The largest absolute Gasteiger partial charge is 0.300 e. The third kappa shape index (κ3) is 4.59. The van der Waals surface area contributed by atoms with Crippen molar-refractivity contribution in [1.82, 2.24) is 0 Å². The van der Waals surface area contributed by atoms with Gasteiger partial charge in [-0.05, 0) is 63.7 Å². The number of carbonyl (C=O) groups is 1. The summed E-state index contributed by atoms with van der Waals surface area (Å²) in [5.41, 5.74) is 1.51. The molecular weight excluding hydrogens is 220 g/mol. The van der Waals surface area contributed by atoms with E-state index in [0.29, 0.717) is 11.7 Å². The van der Waals surface area contributed by atoms with E-state index in [1.807, 2.05) is 0 Å². The Kier molecular flexibility index (Phi) is 6.11. The Labute approximate surface area is 113 Å². The van der Waals surface area contributed by atoms with Crippen LogP contribution in [0.3, 0.4) is 0 Å². The summed E-state index contributed by atoms with van der Waals surface area (Å²) in [6, 6.07) is 0. The van der Waals surface area contributed by atoms with E-state index in [-0.39, 0.29) is 5.92 Å². The summed E-state index contributed by atoms with van der Waals surface area (Å²) in [4.78, 5) is 11.7. The molecule has 1 heteroatoms. The van der Waals surface area contributed by atoms with Gasteiger partial charge < -0.3 is 0 Å². The smallest absolute Gasteiger partial charge is 0.132 e. The van der Waals surface area contributed by atoms with Gasteiger partial charge in [-0.2, -0.15) is 0 Å². The number of Topliss-reactive ketones (excluding diaryl/α,β-unsaturated/α-hetero) is 1. The second-order valence-corrected chi connectivity index (χ2v) is 6.52. The van der Waals surface area contributed by atoms with E-state index >= 15 is 0 Å². The van der Waals surface area contributed by atoms with Crippen molar-refractivity contribution in [3.63, 3.8) is 0 Å². The second kappa shape index (κ2) is 7.11. The maximum absolute atomic E-state index is 11.7. The second-order valence-electron chi connectivity index (χ2n) is 6.52. The highest BCUT2D eigenvalue weighted by molar-refractivity contribution is 5.78. The van der Waals surface area contributed by atoms with Gasteiger partial charge in [0.25, 0.3) is 0 Å². The molecule has 0 fully saturated rings. The van der Waals surface area contributed by atoms with Crippen LogP contribution in [0.4, 0.5) is 0 Å². The summed E-state index contributed by atoms with van der Waals surface area (Å²) in [6.45, 7) is 10.8. The Hall–Kier alpha value is -0.590. The molecule has 0 aromatic carbocycles. The van der Waals surface area contributed by atoms with Crippen LogP contribution in [0.25, 0.3) is 0 Å². The number of allylic oxidation sites excluding steroid dienone is 2. The minimum absolute atomic E-state index is 0.229. The molecule has 0 saturated heterocycles. The maximum Gasteiger partial charge on any atom is 0.132 e. The first kappa shape index (κ1) is 15.5. The Balaban J connectivity index is 2.78. The molecule has 0 aromatic rings. The average Bonchev–Trinajstić information content (AvgIpc) is 2.32. The molecule has 0 heterocycles. The topological polar surface area (TPSA) is 17.1 Å². The highest BCUT2D eigenvalue weighted by Crippen LogP contribution is 2.33. The van der Waals surface area contributed by atoms with Gasteiger partial charge in [-0.1, -0.05) is 32.4 Å². The minimum atomic E-state index is 0.229. The third-order valence-corrected chi connectivity index (χ3v) is 5.02. The molecule has 0 aromatic heterocycles. The Morgan fingerprint density at radius 2 is 1.94 bits per heavy atom. The number of carbonyl (C=O) groups excluding carboxylic acids is 1. The van der Waals surface area contributed by atoms with E-state index in [1.165, 1.54) is 37.7 Å². The standard InChI is InChI=1S/C17H30O/c1-12-7-6-8-13(2)14(3)11-17(10-9-12)15(4)16(5)18/h7,13-15,17H,6,8-11H2,1-5H3/b12-7+/t13?,14?,15-,17?/m1/s1. The van der Waals surface area contributed by atoms with E-state index in [4.69, 9.17) is 0 Å². The maximum atomic E-state index is 11.7. The average molecular weight is 250 g/mol. The van der Waals surface area contributed by atoms with Crippen molar-refractivity contribution in [3.8, 4) is 0 Å². The fraction of sp³-hybridized carbons (Fsp3) is 0.824. The molecule has 3 unspecified atom stereocenters. The van der Waals surface area contributed by atoms with Crippen LogP contribution in [-0.2, 0) is 4.79 Å².